The number of nitrogens with zero attached hydrogens (tertiary/aromatic N) is 3. The second-order valence-electron chi connectivity index (χ2n) is 11.3. The van der Waals surface area contributed by atoms with Crippen molar-refractivity contribution in [3.05, 3.63) is 136 Å². The molecule has 1 amide bonds. The molecule has 4 aromatic carbocycles. The van der Waals surface area contributed by atoms with E-state index in [4.69, 9.17) is 11.0 Å². The number of benzene rings is 4. The summed E-state index contributed by atoms with van der Waals surface area (Å²) >= 11 is 0.765. The van der Waals surface area contributed by atoms with Gasteiger partial charge >= 0.3 is 6.18 Å². The topological polar surface area (TPSA) is 54.8 Å². The average Bonchev–Trinajstić information content (AvgIpc) is 3.23. The first-order valence-electron chi connectivity index (χ1n) is 22.0. The number of pyridine rings is 1. The monoisotopic (exact) mass is 748 g/mol. The zero-order chi connectivity index (χ0) is 48.5. The Labute approximate surface area is 321 Å². The maximum atomic E-state index is 15.1. The summed E-state index contributed by atoms with van der Waals surface area (Å²) in [5, 5.41) is -0.0408. The summed E-state index contributed by atoms with van der Waals surface area (Å²) in [4.78, 5) is 28.0. The number of ether oxygens (including phenoxy) is 1. The molecular weight excluding hydrogens is 698 g/mol. The fourth-order valence-corrected chi connectivity index (χ4v) is 6.34. The number of thioether (sulfide) groups is 1. The molecule has 52 heavy (non-hydrogen) atoms. The molecule has 0 saturated carbocycles. The van der Waals surface area contributed by atoms with Gasteiger partial charge in [-0.15, -0.1) is 11.8 Å². The standard InChI is InChI=1S/C40H38F5N3O3S/c1-51-22-21-46-19-17-32(18-20-46)47(24-27-9-11-28(12-10-27)29-13-15-31(16-14-29)40(43,44)45)37(50)25-48-35-8-3-2-6-33(35)36(49)23-38(48)52-26-30-5-4-7-34(41)39(30)42/h2-16,23,32H,17-22,24-26H2,1H3/i17D2,18D2,19D2,20D2,21D2,22D2,32D. The summed E-state index contributed by atoms with van der Waals surface area (Å²) in [6, 6.07) is 15.6. The zero-order valence-electron chi connectivity index (χ0n) is 40.2. The molecule has 2 heterocycles. The largest absolute Gasteiger partial charge is 0.416 e. The van der Waals surface area contributed by atoms with Gasteiger partial charge in [0.1, 0.15) is 6.54 Å². The number of piperidine rings is 1. The molecule has 0 aliphatic carbocycles. The van der Waals surface area contributed by atoms with Gasteiger partial charge in [0.15, 0.2) is 17.1 Å². The number of rotatable bonds is 12. The molecule has 1 aliphatic rings. The van der Waals surface area contributed by atoms with E-state index in [1.165, 1.54) is 77.4 Å². The van der Waals surface area contributed by atoms with Gasteiger partial charge in [-0.1, -0.05) is 60.7 Å². The number of para-hydroxylation sites is 1. The molecule has 5 aromatic rings. The predicted molar refractivity (Wildman–Crippen MR) is 193 cm³/mol. The number of carbonyl (C=O) groups excluding carboxylic acids is 1. The predicted octanol–water partition coefficient (Wildman–Crippen LogP) is 8.40. The van der Waals surface area contributed by atoms with E-state index in [9.17, 15) is 33.6 Å². The van der Waals surface area contributed by atoms with Gasteiger partial charge in [0, 0.05) is 75.6 Å². The number of carbonyl (C=O) groups is 1. The molecule has 0 spiro atoms. The fourth-order valence-electron chi connectivity index (χ4n) is 5.31. The van der Waals surface area contributed by atoms with Crippen LogP contribution in [0.4, 0.5) is 22.0 Å². The third kappa shape index (κ3) is 8.74. The number of hydrogen-bond donors (Lipinski definition) is 0. The summed E-state index contributed by atoms with van der Waals surface area (Å²) in [6.07, 6.45) is -13.0. The second-order valence-corrected chi connectivity index (χ2v) is 12.3. The SMILES string of the molecule is [2H]C([2H])(OC)C([2H])([2H])N1C([2H])([2H])C([2H])([2H])C([2H])(N(Cc2ccc(-c3ccc(C(F)(F)F)cc3)cc2)C(=O)Cn2c(SCc3cccc(F)c3F)cc(=O)c3ccccc32)C([2H])([2H])C1([2H])[2H]. The van der Waals surface area contributed by atoms with Gasteiger partial charge in [-0.3, -0.25) is 9.59 Å². The number of likely N-dealkylation sites (tertiary alicyclic amines) is 1. The lowest BCUT2D eigenvalue weighted by atomic mass is 10.00. The molecule has 0 unspecified atom stereocenters. The van der Waals surface area contributed by atoms with Crippen molar-refractivity contribution < 1.29 is 49.3 Å². The van der Waals surface area contributed by atoms with Gasteiger partial charge < -0.3 is 19.1 Å². The van der Waals surface area contributed by atoms with Crippen LogP contribution < -0.4 is 5.43 Å². The molecule has 12 heteroatoms. The Morgan fingerprint density at radius 2 is 1.65 bits per heavy atom. The van der Waals surface area contributed by atoms with Crippen LogP contribution in [0.25, 0.3) is 22.0 Å². The molecule has 0 bridgehead atoms. The minimum absolute atomic E-state index is 0.0221. The highest BCUT2D eigenvalue weighted by molar-refractivity contribution is 7.98. The molecule has 6 nitrogen and oxygen atoms in total. The van der Waals surface area contributed by atoms with Crippen LogP contribution in [0.3, 0.4) is 0 Å². The van der Waals surface area contributed by atoms with E-state index in [0.29, 0.717) is 18.2 Å². The Morgan fingerprint density at radius 3 is 2.33 bits per heavy atom. The number of methoxy groups -OCH3 is 1. The lowest BCUT2D eigenvalue weighted by Gasteiger charge is -2.39. The van der Waals surface area contributed by atoms with Crippen LogP contribution in [0.15, 0.2) is 107 Å². The lowest BCUT2D eigenvalue weighted by molar-refractivity contribution is -0.137. The van der Waals surface area contributed by atoms with Gasteiger partial charge in [0.05, 0.1) is 26.8 Å². The molecule has 1 saturated heterocycles. The highest BCUT2D eigenvalue weighted by Crippen LogP contribution is 2.32. The van der Waals surface area contributed by atoms with Gasteiger partial charge in [0.2, 0.25) is 5.91 Å². The average molecular weight is 749 g/mol. The molecule has 1 fully saturated rings. The molecule has 6 rings (SSSR count). The quantitative estimate of drug-likeness (QED) is 0.0949. The number of halogens is 5. The van der Waals surface area contributed by atoms with E-state index >= 15 is 4.79 Å². The number of alkyl halides is 3. The molecule has 272 valence electrons. The molecule has 0 atom stereocenters. The van der Waals surface area contributed by atoms with Crippen molar-refractivity contribution in [2.24, 2.45) is 0 Å². The number of hydrogen-bond acceptors (Lipinski definition) is 5. The van der Waals surface area contributed by atoms with Gasteiger partial charge in [0.25, 0.3) is 0 Å². The van der Waals surface area contributed by atoms with Crippen LogP contribution in [-0.2, 0) is 34.6 Å². The van der Waals surface area contributed by atoms with Crippen molar-refractivity contribution >= 4 is 28.6 Å². The number of aromatic nitrogens is 1. The summed E-state index contributed by atoms with van der Waals surface area (Å²) in [6.45, 7) is -18.0. The number of fused-ring (bicyclic) bond motifs is 1. The van der Waals surface area contributed by atoms with Crippen molar-refractivity contribution in [3.63, 3.8) is 0 Å². The van der Waals surface area contributed by atoms with Crippen molar-refractivity contribution in [2.45, 2.75) is 48.8 Å². The molecular formula is C40H38F5N3O3S. The molecule has 1 aliphatic heterocycles. The highest BCUT2D eigenvalue weighted by atomic mass is 32.2. The second kappa shape index (κ2) is 16.4. The van der Waals surface area contributed by atoms with Gasteiger partial charge in [-0.05, 0) is 59.8 Å². The Bertz CT molecular complexity index is 2640. The first kappa shape index (κ1) is 23.9. The first-order valence-corrected chi connectivity index (χ1v) is 16.5. The summed E-state index contributed by atoms with van der Waals surface area (Å²) in [7, 11) is 0.649. The Kier molecular flexibility index (Phi) is 7.56. The summed E-state index contributed by atoms with van der Waals surface area (Å²) in [5.41, 5.74) is -1.01. The zero-order valence-corrected chi connectivity index (χ0v) is 28.0. The maximum absolute atomic E-state index is 15.1. The molecule has 0 N–H and O–H groups in total. The Morgan fingerprint density at radius 1 is 0.981 bits per heavy atom. The van der Waals surface area contributed by atoms with Crippen molar-refractivity contribution in [1.82, 2.24) is 14.4 Å². The smallest absolute Gasteiger partial charge is 0.383 e. The van der Waals surface area contributed by atoms with Crippen molar-refractivity contribution in [3.8, 4) is 11.1 Å². The minimum Gasteiger partial charge on any atom is -0.383 e. The van der Waals surface area contributed by atoms with E-state index in [0.717, 1.165) is 36.0 Å². The van der Waals surface area contributed by atoms with Crippen LogP contribution >= 0.6 is 11.8 Å². The van der Waals surface area contributed by atoms with Crippen molar-refractivity contribution in [1.29, 1.82) is 0 Å². The van der Waals surface area contributed by atoms with Gasteiger partial charge in [-0.2, -0.15) is 13.2 Å². The van der Waals surface area contributed by atoms with E-state index < -0.39 is 97.5 Å². The summed E-state index contributed by atoms with van der Waals surface area (Å²) < 4.78 is 190. The van der Waals surface area contributed by atoms with Crippen LogP contribution in [0.2, 0.25) is 0 Å². The van der Waals surface area contributed by atoms with Crippen molar-refractivity contribution in [2.75, 3.05) is 33.2 Å². The van der Waals surface area contributed by atoms with E-state index in [2.05, 4.69) is 4.74 Å². The van der Waals surface area contributed by atoms with Crippen LogP contribution in [-0.4, -0.2) is 59.5 Å². The maximum Gasteiger partial charge on any atom is 0.416 e. The van der Waals surface area contributed by atoms with Crippen LogP contribution in [0, 0.1) is 11.6 Å². The van der Waals surface area contributed by atoms with Gasteiger partial charge in [-0.25, -0.2) is 8.78 Å². The van der Waals surface area contributed by atoms with E-state index in [1.54, 1.807) is 0 Å². The van der Waals surface area contributed by atoms with Crippen LogP contribution in [0.5, 0.6) is 0 Å². The number of amides is 1. The minimum atomic E-state index is -4.62. The van der Waals surface area contributed by atoms with E-state index in [1.807, 2.05) is 0 Å². The molecule has 1 aromatic heterocycles. The van der Waals surface area contributed by atoms with E-state index in [-0.39, 0.29) is 37.7 Å². The third-order valence-electron chi connectivity index (χ3n) is 7.92. The lowest BCUT2D eigenvalue weighted by Crippen LogP contribution is -2.48. The Balaban J connectivity index is 1.53. The third-order valence-corrected chi connectivity index (χ3v) is 9.01. The van der Waals surface area contributed by atoms with Crippen LogP contribution in [0.1, 0.15) is 47.3 Å². The first-order chi connectivity index (χ1) is 29.9. The fraction of sp³-hybridized carbons (Fsp3) is 0.300. The molecule has 0 radical (unpaired) electrons. The Hall–Kier alpha value is -4.52. The normalized spacial score (nSPS) is 22.9. The highest BCUT2D eigenvalue weighted by Gasteiger charge is 2.31. The summed E-state index contributed by atoms with van der Waals surface area (Å²) in [5.74, 6) is -4.08.